The third-order valence-corrected chi connectivity index (χ3v) is 5.57. The van der Waals surface area contributed by atoms with Gasteiger partial charge in [0.05, 0.1) is 11.8 Å². The zero-order valence-electron chi connectivity index (χ0n) is 12.8. The van der Waals surface area contributed by atoms with Crippen molar-refractivity contribution in [2.24, 2.45) is 35.5 Å². The Morgan fingerprint density at radius 2 is 1.52 bits per heavy atom. The topological polar surface area (TPSA) is 66.4 Å². The number of carboxylic acid groups (broad SMARTS) is 1. The summed E-state index contributed by atoms with van der Waals surface area (Å²) in [6.07, 6.45) is 8.11. The van der Waals surface area contributed by atoms with Gasteiger partial charge in [-0.1, -0.05) is 26.0 Å². The van der Waals surface area contributed by atoms with E-state index in [1.54, 1.807) is 0 Å². The van der Waals surface area contributed by atoms with Crippen molar-refractivity contribution in [3.8, 4) is 0 Å². The van der Waals surface area contributed by atoms with Crippen LogP contribution in [0.1, 0.15) is 39.5 Å². The van der Waals surface area contributed by atoms with Gasteiger partial charge in [0.1, 0.15) is 0 Å². The van der Waals surface area contributed by atoms with Gasteiger partial charge in [-0.25, -0.2) is 0 Å². The number of allylic oxidation sites excluding steroid dienone is 2. The quantitative estimate of drug-likeness (QED) is 0.785. The first kappa shape index (κ1) is 14.6. The minimum atomic E-state index is -0.822. The third kappa shape index (κ3) is 2.72. The number of nitrogens with one attached hydrogen (secondary N) is 1. The maximum absolute atomic E-state index is 12.6. The van der Waals surface area contributed by atoms with Crippen LogP contribution in [-0.2, 0) is 9.59 Å². The number of carbonyl (C=O) groups excluding carboxylic acids is 1. The van der Waals surface area contributed by atoms with Crippen molar-refractivity contribution >= 4 is 11.9 Å². The van der Waals surface area contributed by atoms with Gasteiger partial charge in [0.25, 0.3) is 0 Å². The highest BCUT2D eigenvalue weighted by molar-refractivity contribution is 5.87. The molecule has 2 saturated carbocycles. The van der Waals surface area contributed by atoms with Crippen molar-refractivity contribution in [3.05, 3.63) is 12.2 Å². The van der Waals surface area contributed by atoms with Gasteiger partial charge >= 0.3 is 5.97 Å². The highest BCUT2D eigenvalue weighted by atomic mass is 16.4. The van der Waals surface area contributed by atoms with Crippen LogP contribution in [0.3, 0.4) is 0 Å². The number of carbonyl (C=O) groups is 2. The van der Waals surface area contributed by atoms with E-state index < -0.39 is 11.9 Å². The number of fused-ring (bicyclic) bond motifs is 2. The fourth-order valence-electron chi connectivity index (χ4n) is 4.88. The summed E-state index contributed by atoms with van der Waals surface area (Å²) >= 11 is 0. The molecule has 3 aliphatic carbocycles. The number of amides is 1. The Labute approximate surface area is 126 Å². The van der Waals surface area contributed by atoms with Crippen molar-refractivity contribution < 1.29 is 14.7 Å². The van der Waals surface area contributed by atoms with Crippen LogP contribution in [0.5, 0.6) is 0 Å². The molecule has 3 aliphatic rings. The number of hydrogen-bond acceptors (Lipinski definition) is 2. The molecule has 2 fully saturated rings. The van der Waals surface area contributed by atoms with Crippen molar-refractivity contribution in [1.82, 2.24) is 5.32 Å². The summed E-state index contributed by atoms with van der Waals surface area (Å²) in [5.41, 5.74) is 0. The van der Waals surface area contributed by atoms with E-state index in [1.165, 1.54) is 6.42 Å². The lowest BCUT2D eigenvalue weighted by atomic mass is 9.79. The second kappa shape index (κ2) is 5.47. The summed E-state index contributed by atoms with van der Waals surface area (Å²) in [5.74, 6) is -0.322. The smallest absolute Gasteiger partial charge is 0.307 e. The van der Waals surface area contributed by atoms with Gasteiger partial charge in [-0.15, -0.1) is 0 Å². The van der Waals surface area contributed by atoms with Gasteiger partial charge in [0.15, 0.2) is 0 Å². The summed E-state index contributed by atoms with van der Waals surface area (Å²) in [6, 6.07) is 0.216. The zero-order valence-corrected chi connectivity index (χ0v) is 12.8. The lowest BCUT2D eigenvalue weighted by molar-refractivity contribution is -0.148. The van der Waals surface area contributed by atoms with Crippen LogP contribution in [0.25, 0.3) is 0 Å². The lowest BCUT2D eigenvalue weighted by Gasteiger charge is -2.34. The third-order valence-electron chi connectivity index (χ3n) is 5.57. The molecule has 0 aromatic carbocycles. The lowest BCUT2D eigenvalue weighted by Crippen LogP contribution is -2.46. The van der Waals surface area contributed by atoms with Crippen LogP contribution in [0.4, 0.5) is 0 Å². The average Bonchev–Trinajstić information content (AvgIpc) is 2.96. The molecule has 21 heavy (non-hydrogen) atoms. The van der Waals surface area contributed by atoms with E-state index in [0.717, 1.165) is 19.3 Å². The van der Waals surface area contributed by atoms with Crippen LogP contribution in [0.2, 0.25) is 0 Å². The molecule has 0 aromatic rings. The molecule has 0 saturated heterocycles. The predicted octanol–water partition coefficient (Wildman–Crippen LogP) is 2.45. The highest BCUT2D eigenvalue weighted by Gasteiger charge is 2.51. The second-order valence-corrected chi connectivity index (χ2v) is 7.46. The van der Waals surface area contributed by atoms with E-state index >= 15 is 0 Å². The van der Waals surface area contributed by atoms with E-state index in [4.69, 9.17) is 0 Å². The van der Waals surface area contributed by atoms with Gasteiger partial charge in [-0.3, -0.25) is 9.59 Å². The largest absolute Gasteiger partial charge is 0.481 e. The number of carboxylic acids is 1. The molecule has 0 aromatic heterocycles. The normalized spacial score (nSPS) is 44.8. The van der Waals surface area contributed by atoms with Gasteiger partial charge in [-0.2, -0.15) is 0 Å². The van der Waals surface area contributed by atoms with Crippen LogP contribution in [-0.4, -0.2) is 23.0 Å². The Morgan fingerprint density at radius 1 is 0.952 bits per heavy atom. The summed E-state index contributed by atoms with van der Waals surface area (Å²) in [7, 11) is 0. The second-order valence-electron chi connectivity index (χ2n) is 7.46. The predicted molar refractivity (Wildman–Crippen MR) is 79.5 cm³/mol. The summed E-state index contributed by atoms with van der Waals surface area (Å²) < 4.78 is 0. The van der Waals surface area contributed by atoms with Gasteiger partial charge in [0.2, 0.25) is 5.91 Å². The maximum atomic E-state index is 12.6. The van der Waals surface area contributed by atoms with E-state index in [1.807, 2.05) is 12.2 Å². The Kier molecular flexibility index (Phi) is 3.80. The molecule has 116 valence electrons. The van der Waals surface area contributed by atoms with Crippen LogP contribution in [0.15, 0.2) is 12.2 Å². The minimum Gasteiger partial charge on any atom is -0.481 e. The molecular weight excluding hydrogens is 266 g/mol. The van der Waals surface area contributed by atoms with E-state index in [2.05, 4.69) is 19.2 Å². The van der Waals surface area contributed by atoms with Gasteiger partial charge in [0, 0.05) is 6.04 Å². The van der Waals surface area contributed by atoms with E-state index in [-0.39, 0.29) is 29.7 Å². The molecule has 0 aliphatic heterocycles. The van der Waals surface area contributed by atoms with Crippen molar-refractivity contribution in [2.75, 3.05) is 0 Å². The molecule has 4 heteroatoms. The van der Waals surface area contributed by atoms with Crippen LogP contribution in [0, 0.1) is 35.5 Å². The fraction of sp³-hybridized carbons (Fsp3) is 0.765. The van der Waals surface area contributed by atoms with E-state index in [9.17, 15) is 14.7 Å². The zero-order chi connectivity index (χ0) is 15.1. The van der Waals surface area contributed by atoms with E-state index in [0.29, 0.717) is 11.8 Å². The first-order valence-corrected chi connectivity index (χ1v) is 8.17. The first-order valence-electron chi connectivity index (χ1n) is 8.17. The molecular formula is C17H25NO3. The summed E-state index contributed by atoms with van der Waals surface area (Å²) in [4.78, 5) is 24.1. The molecule has 3 rings (SSSR count). The Hall–Kier alpha value is -1.32. The van der Waals surface area contributed by atoms with Crippen molar-refractivity contribution in [2.45, 2.75) is 45.6 Å². The number of hydrogen-bond donors (Lipinski definition) is 2. The molecule has 6 unspecified atom stereocenters. The maximum Gasteiger partial charge on any atom is 0.307 e. The molecule has 2 bridgehead atoms. The Bertz CT molecular complexity index is 463. The molecule has 6 atom stereocenters. The fourth-order valence-corrected chi connectivity index (χ4v) is 4.88. The Morgan fingerprint density at radius 3 is 2.10 bits per heavy atom. The van der Waals surface area contributed by atoms with Crippen molar-refractivity contribution in [3.63, 3.8) is 0 Å². The molecule has 4 nitrogen and oxygen atoms in total. The number of rotatable bonds is 3. The Balaban J connectivity index is 1.67. The van der Waals surface area contributed by atoms with Crippen LogP contribution < -0.4 is 5.32 Å². The molecule has 0 spiro atoms. The molecule has 1 amide bonds. The minimum absolute atomic E-state index is 0.0365. The number of aliphatic carboxylic acids is 1. The van der Waals surface area contributed by atoms with Gasteiger partial charge in [-0.05, 0) is 49.4 Å². The SMILES string of the molecule is CC1CC(C)CC(NC(=O)C2C3C=CC(C3)C2C(=O)O)C1. The standard InChI is InChI=1S/C17H25NO3/c1-9-5-10(2)7-13(6-9)18-16(19)14-11-3-4-12(8-11)15(14)17(20)21/h3-4,9-15H,5-8H2,1-2H3,(H,18,19)(H,20,21). The van der Waals surface area contributed by atoms with Gasteiger partial charge < -0.3 is 10.4 Å². The molecule has 0 radical (unpaired) electrons. The van der Waals surface area contributed by atoms with Crippen LogP contribution >= 0.6 is 0 Å². The summed E-state index contributed by atoms with van der Waals surface area (Å²) in [6.45, 7) is 4.46. The summed E-state index contributed by atoms with van der Waals surface area (Å²) in [5, 5.41) is 12.6. The van der Waals surface area contributed by atoms with Crippen molar-refractivity contribution in [1.29, 1.82) is 0 Å². The average molecular weight is 291 g/mol. The molecule has 0 heterocycles. The highest BCUT2D eigenvalue weighted by Crippen LogP contribution is 2.48. The first-order chi connectivity index (χ1) is 9.95. The molecule has 2 N–H and O–H groups in total. The monoisotopic (exact) mass is 291 g/mol.